The summed E-state index contributed by atoms with van der Waals surface area (Å²) in [7, 11) is 0. The van der Waals surface area contributed by atoms with Crippen molar-refractivity contribution < 1.29 is 13.9 Å². The van der Waals surface area contributed by atoms with Crippen LogP contribution < -0.4 is 15.5 Å². The van der Waals surface area contributed by atoms with E-state index in [-0.39, 0.29) is 6.03 Å². The van der Waals surface area contributed by atoms with Gasteiger partial charge >= 0.3 is 6.03 Å². The van der Waals surface area contributed by atoms with Crippen LogP contribution in [0.5, 0.6) is 0 Å². The molecule has 8 heteroatoms. The number of ether oxygens (including phenoxy) is 1. The zero-order valence-corrected chi connectivity index (χ0v) is 17.1. The highest BCUT2D eigenvalue weighted by Gasteiger charge is 2.21. The van der Waals surface area contributed by atoms with Crippen LogP contribution >= 0.6 is 0 Å². The number of amides is 2. The number of nitrogens with one attached hydrogen (secondary N) is 2. The molecule has 0 spiro atoms. The molecule has 0 bridgehead atoms. The number of carbonyl (C=O) groups excluding carboxylic acids is 1. The van der Waals surface area contributed by atoms with Gasteiger partial charge in [0.2, 0.25) is 0 Å². The lowest BCUT2D eigenvalue weighted by molar-refractivity contribution is 0.134. The minimum Gasteiger partial charge on any atom is -0.423 e. The molecule has 30 heavy (non-hydrogen) atoms. The van der Waals surface area contributed by atoms with Crippen LogP contribution in [0.25, 0.3) is 11.3 Å². The van der Waals surface area contributed by atoms with Crippen molar-refractivity contribution in [3.63, 3.8) is 0 Å². The molecule has 2 N–H and O–H groups in total. The van der Waals surface area contributed by atoms with Gasteiger partial charge in [-0.15, -0.1) is 0 Å². The molecule has 0 aliphatic carbocycles. The summed E-state index contributed by atoms with van der Waals surface area (Å²) < 4.78 is 11.4. The Kier molecular flexibility index (Phi) is 5.94. The van der Waals surface area contributed by atoms with E-state index in [0.717, 1.165) is 28.8 Å². The third-order valence-corrected chi connectivity index (χ3v) is 4.91. The molecular formula is C22H25N5O3. The molecule has 1 aliphatic rings. The average Bonchev–Trinajstić information content (AvgIpc) is 3.23. The van der Waals surface area contributed by atoms with Crippen molar-refractivity contribution >= 4 is 23.6 Å². The molecule has 2 amide bonds. The number of hydrogen-bond donors (Lipinski definition) is 2. The predicted molar refractivity (Wildman–Crippen MR) is 115 cm³/mol. The maximum Gasteiger partial charge on any atom is 0.323 e. The fraction of sp³-hybridized carbons (Fsp3) is 0.318. The number of pyridine rings is 1. The maximum absolute atomic E-state index is 12.1. The van der Waals surface area contributed by atoms with Crippen LogP contribution in [-0.4, -0.2) is 35.7 Å². The standard InChI is InChI=1S/C22H25N5O3/c1-3-29-14-16-6-5-15(2)18(11-16)26-21-25-13-19(30-21)17-7-9-23-20(12-17)27-10-4-8-24-22(27)28/h5-7,9,11-13H,3-4,8,10,14H2,1-2H3,(H,24,28)(H,25,26). The summed E-state index contributed by atoms with van der Waals surface area (Å²) in [6.07, 6.45) is 4.22. The summed E-state index contributed by atoms with van der Waals surface area (Å²) in [5, 5.41) is 6.08. The van der Waals surface area contributed by atoms with Crippen molar-refractivity contribution in [2.45, 2.75) is 26.9 Å². The Morgan fingerprint density at radius 1 is 1.27 bits per heavy atom. The van der Waals surface area contributed by atoms with Crippen LogP contribution in [0, 0.1) is 6.92 Å². The van der Waals surface area contributed by atoms with Gasteiger partial charge in [0, 0.05) is 37.1 Å². The van der Waals surface area contributed by atoms with Crippen molar-refractivity contribution in [3.8, 4) is 11.3 Å². The first kappa shape index (κ1) is 19.9. The molecule has 2 aromatic heterocycles. The summed E-state index contributed by atoms with van der Waals surface area (Å²) in [5.41, 5.74) is 3.88. The molecule has 3 heterocycles. The lowest BCUT2D eigenvalue weighted by Gasteiger charge is -2.26. The number of rotatable bonds is 7. The lowest BCUT2D eigenvalue weighted by atomic mass is 10.1. The smallest absolute Gasteiger partial charge is 0.323 e. The van der Waals surface area contributed by atoms with Gasteiger partial charge in [0.15, 0.2) is 5.76 Å². The van der Waals surface area contributed by atoms with E-state index in [1.807, 2.05) is 44.2 Å². The highest BCUT2D eigenvalue weighted by atomic mass is 16.5. The largest absolute Gasteiger partial charge is 0.423 e. The second-order valence-electron chi connectivity index (χ2n) is 7.08. The van der Waals surface area contributed by atoms with Gasteiger partial charge < -0.3 is 19.8 Å². The van der Waals surface area contributed by atoms with E-state index in [4.69, 9.17) is 9.15 Å². The number of carbonyl (C=O) groups is 1. The van der Waals surface area contributed by atoms with E-state index in [9.17, 15) is 4.79 Å². The highest BCUT2D eigenvalue weighted by Crippen LogP contribution is 2.28. The van der Waals surface area contributed by atoms with Crippen molar-refractivity contribution in [2.75, 3.05) is 29.9 Å². The SMILES string of the molecule is CCOCc1ccc(C)c(Nc2ncc(-c3ccnc(N4CCCNC4=O)c3)o2)c1. The Bertz CT molecular complexity index is 1030. The van der Waals surface area contributed by atoms with Crippen LogP contribution in [-0.2, 0) is 11.3 Å². The van der Waals surface area contributed by atoms with Gasteiger partial charge in [-0.05, 0) is 49.6 Å². The van der Waals surface area contributed by atoms with Gasteiger partial charge in [-0.1, -0.05) is 12.1 Å². The second-order valence-corrected chi connectivity index (χ2v) is 7.08. The molecule has 0 radical (unpaired) electrons. The Balaban J connectivity index is 1.52. The molecule has 0 unspecified atom stereocenters. The van der Waals surface area contributed by atoms with Crippen LogP contribution in [0.4, 0.5) is 22.3 Å². The first-order valence-corrected chi connectivity index (χ1v) is 10.1. The molecule has 1 fully saturated rings. The van der Waals surface area contributed by atoms with Gasteiger partial charge in [-0.25, -0.2) is 14.8 Å². The minimum atomic E-state index is -0.131. The summed E-state index contributed by atoms with van der Waals surface area (Å²) in [6.45, 7) is 6.57. The molecule has 1 aliphatic heterocycles. The Morgan fingerprint density at radius 2 is 2.17 bits per heavy atom. The van der Waals surface area contributed by atoms with Gasteiger partial charge in [-0.2, -0.15) is 0 Å². The number of nitrogens with zero attached hydrogens (tertiary/aromatic N) is 3. The third kappa shape index (κ3) is 4.44. The number of anilines is 3. The van der Waals surface area contributed by atoms with Crippen LogP contribution in [0.1, 0.15) is 24.5 Å². The van der Waals surface area contributed by atoms with E-state index >= 15 is 0 Å². The maximum atomic E-state index is 12.1. The number of aryl methyl sites for hydroxylation is 1. The molecular weight excluding hydrogens is 382 g/mol. The first-order chi connectivity index (χ1) is 14.6. The van der Waals surface area contributed by atoms with Gasteiger partial charge in [0.25, 0.3) is 6.01 Å². The van der Waals surface area contributed by atoms with Crippen LogP contribution in [0.15, 0.2) is 47.1 Å². The zero-order chi connectivity index (χ0) is 20.9. The third-order valence-electron chi connectivity index (χ3n) is 4.91. The highest BCUT2D eigenvalue weighted by molar-refractivity contribution is 5.92. The molecule has 156 valence electrons. The molecule has 3 aromatic rings. The minimum absolute atomic E-state index is 0.131. The fourth-order valence-corrected chi connectivity index (χ4v) is 3.26. The van der Waals surface area contributed by atoms with Crippen LogP contribution in [0.2, 0.25) is 0 Å². The zero-order valence-electron chi connectivity index (χ0n) is 17.1. The van der Waals surface area contributed by atoms with E-state index in [0.29, 0.717) is 43.9 Å². The van der Waals surface area contributed by atoms with Crippen molar-refractivity contribution in [1.29, 1.82) is 0 Å². The summed E-state index contributed by atoms with van der Waals surface area (Å²) in [6, 6.07) is 10.1. The Morgan fingerprint density at radius 3 is 3.00 bits per heavy atom. The number of aromatic nitrogens is 2. The number of oxazole rings is 1. The van der Waals surface area contributed by atoms with Crippen molar-refractivity contribution in [1.82, 2.24) is 15.3 Å². The van der Waals surface area contributed by atoms with Crippen LogP contribution in [0.3, 0.4) is 0 Å². The molecule has 0 atom stereocenters. The van der Waals surface area contributed by atoms with E-state index in [2.05, 4.69) is 20.6 Å². The van der Waals surface area contributed by atoms with Crippen molar-refractivity contribution in [2.24, 2.45) is 0 Å². The first-order valence-electron chi connectivity index (χ1n) is 10.1. The van der Waals surface area contributed by atoms with E-state index in [1.54, 1.807) is 17.3 Å². The Hall–Kier alpha value is -3.39. The van der Waals surface area contributed by atoms with Gasteiger partial charge in [0.1, 0.15) is 5.82 Å². The van der Waals surface area contributed by atoms with Crippen molar-refractivity contribution in [3.05, 3.63) is 53.9 Å². The lowest BCUT2D eigenvalue weighted by Crippen LogP contribution is -2.46. The molecule has 1 aromatic carbocycles. The average molecular weight is 407 g/mol. The molecule has 4 rings (SSSR count). The molecule has 8 nitrogen and oxygen atoms in total. The van der Waals surface area contributed by atoms with Gasteiger partial charge in [-0.3, -0.25) is 4.90 Å². The Labute approximate surface area is 175 Å². The monoisotopic (exact) mass is 407 g/mol. The number of benzene rings is 1. The van der Waals surface area contributed by atoms with Gasteiger partial charge in [0.05, 0.1) is 12.8 Å². The molecule has 1 saturated heterocycles. The summed E-state index contributed by atoms with van der Waals surface area (Å²) in [5.74, 6) is 1.19. The second kappa shape index (κ2) is 8.96. The topological polar surface area (TPSA) is 92.5 Å². The van der Waals surface area contributed by atoms with E-state index in [1.165, 1.54) is 0 Å². The quantitative estimate of drug-likeness (QED) is 0.608. The normalized spacial score (nSPS) is 13.9. The predicted octanol–water partition coefficient (Wildman–Crippen LogP) is 4.24. The molecule has 0 saturated carbocycles. The number of urea groups is 1. The summed E-state index contributed by atoms with van der Waals surface area (Å²) >= 11 is 0. The van der Waals surface area contributed by atoms with E-state index < -0.39 is 0 Å². The fourth-order valence-electron chi connectivity index (χ4n) is 3.26. The number of hydrogen-bond acceptors (Lipinski definition) is 6. The summed E-state index contributed by atoms with van der Waals surface area (Å²) in [4.78, 5) is 22.4.